The zero-order chi connectivity index (χ0) is 23.0. The minimum atomic E-state index is -0.650. The number of rotatable bonds is 8. The van der Waals surface area contributed by atoms with E-state index in [1.54, 1.807) is 34.6 Å². The molecule has 8 nitrogen and oxygen atoms in total. The Morgan fingerprint density at radius 1 is 1.03 bits per heavy atom. The summed E-state index contributed by atoms with van der Waals surface area (Å²) in [6.45, 7) is 10.3. The van der Waals surface area contributed by atoms with Gasteiger partial charge < -0.3 is 19.1 Å². The maximum atomic E-state index is 12.7. The number of carbonyl (C=O) groups excluding carboxylic acids is 3. The highest BCUT2D eigenvalue weighted by Crippen LogP contribution is 2.27. The van der Waals surface area contributed by atoms with Crippen molar-refractivity contribution in [3.8, 4) is 0 Å². The van der Waals surface area contributed by atoms with Gasteiger partial charge in [0.05, 0.1) is 25.7 Å². The van der Waals surface area contributed by atoms with Crippen LogP contribution in [0.1, 0.15) is 40.2 Å². The van der Waals surface area contributed by atoms with E-state index in [0.29, 0.717) is 6.54 Å². The van der Waals surface area contributed by atoms with Crippen molar-refractivity contribution in [1.29, 1.82) is 0 Å². The smallest absolute Gasteiger partial charge is 0.410 e. The number of hydrogen-bond donors (Lipinski definition) is 0. The Labute approximate surface area is 184 Å². The molecule has 172 valence electrons. The summed E-state index contributed by atoms with van der Waals surface area (Å²) in [5.74, 6) is -1.36. The first-order chi connectivity index (χ1) is 14.6. The number of esters is 2. The summed E-state index contributed by atoms with van der Waals surface area (Å²) in [7, 11) is 0. The molecular formula is C23H34N2O6. The molecule has 2 unspecified atom stereocenters. The van der Waals surface area contributed by atoms with Crippen LogP contribution in [-0.4, -0.2) is 72.3 Å². The number of hydrogen-bond acceptors (Lipinski definition) is 7. The lowest BCUT2D eigenvalue weighted by molar-refractivity contribution is -0.152. The van der Waals surface area contributed by atoms with Crippen molar-refractivity contribution in [2.75, 3.05) is 32.8 Å². The second kappa shape index (κ2) is 11.1. The molecule has 0 radical (unpaired) electrons. The fourth-order valence-electron chi connectivity index (χ4n) is 3.59. The molecule has 0 aliphatic carbocycles. The highest BCUT2D eigenvalue weighted by Gasteiger charge is 2.45. The number of carbonyl (C=O) groups is 3. The minimum Gasteiger partial charge on any atom is -0.466 e. The molecule has 1 aliphatic rings. The fraction of sp³-hybridized carbons (Fsp3) is 0.609. The van der Waals surface area contributed by atoms with E-state index in [1.165, 1.54) is 4.90 Å². The topological polar surface area (TPSA) is 85.4 Å². The van der Waals surface area contributed by atoms with Gasteiger partial charge in [-0.1, -0.05) is 30.3 Å². The molecule has 31 heavy (non-hydrogen) atoms. The third-order valence-corrected chi connectivity index (χ3v) is 4.87. The van der Waals surface area contributed by atoms with Crippen molar-refractivity contribution in [3.63, 3.8) is 0 Å². The van der Waals surface area contributed by atoms with Crippen LogP contribution in [-0.2, 0) is 30.3 Å². The quantitative estimate of drug-likeness (QED) is 0.459. The lowest BCUT2D eigenvalue weighted by atomic mass is 10.0. The number of likely N-dealkylation sites (tertiary alicyclic amines) is 1. The molecule has 1 heterocycles. The average molecular weight is 435 g/mol. The monoisotopic (exact) mass is 434 g/mol. The van der Waals surface area contributed by atoms with E-state index in [0.717, 1.165) is 5.56 Å². The van der Waals surface area contributed by atoms with Gasteiger partial charge in [-0.2, -0.15) is 0 Å². The third kappa shape index (κ3) is 7.54. The molecule has 1 saturated heterocycles. The molecule has 1 fully saturated rings. The van der Waals surface area contributed by atoms with E-state index in [-0.39, 0.29) is 44.8 Å². The van der Waals surface area contributed by atoms with Gasteiger partial charge in [-0.25, -0.2) is 4.79 Å². The van der Waals surface area contributed by atoms with Gasteiger partial charge >= 0.3 is 18.0 Å². The van der Waals surface area contributed by atoms with Gasteiger partial charge in [0.1, 0.15) is 5.60 Å². The molecule has 8 heteroatoms. The average Bonchev–Trinajstić information content (AvgIpc) is 3.13. The van der Waals surface area contributed by atoms with Crippen LogP contribution in [0.4, 0.5) is 4.79 Å². The van der Waals surface area contributed by atoms with E-state index >= 15 is 0 Å². The normalized spacial score (nSPS) is 18.7. The first-order valence-electron chi connectivity index (χ1n) is 10.7. The molecule has 1 aromatic carbocycles. The Balaban J connectivity index is 2.29. The van der Waals surface area contributed by atoms with Crippen LogP contribution in [0.3, 0.4) is 0 Å². The maximum Gasteiger partial charge on any atom is 0.410 e. The summed E-state index contributed by atoms with van der Waals surface area (Å²) in [6.07, 6.45) is -0.486. The zero-order valence-corrected chi connectivity index (χ0v) is 19.1. The van der Waals surface area contributed by atoms with Crippen LogP contribution in [0.2, 0.25) is 0 Å². The van der Waals surface area contributed by atoms with Gasteiger partial charge in [0, 0.05) is 25.7 Å². The molecule has 1 aromatic rings. The Kier molecular flexibility index (Phi) is 8.86. The maximum absolute atomic E-state index is 12.7. The molecule has 0 spiro atoms. The molecule has 0 bridgehead atoms. The van der Waals surface area contributed by atoms with Crippen LogP contribution < -0.4 is 0 Å². The number of nitrogens with zero attached hydrogens (tertiary/aromatic N) is 2. The van der Waals surface area contributed by atoms with Crippen molar-refractivity contribution in [2.24, 2.45) is 5.92 Å². The molecule has 2 rings (SSSR count). The highest BCUT2D eigenvalue weighted by molar-refractivity contribution is 5.77. The van der Waals surface area contributed by atoms with Crippen LogP contribution >= 0.6 is 0 Å². The number of benzene rings is 1. The van der Waals surface area contributed by atoms with Gasteiger partial charge in [0.25, 0.3) is 0 Å². The standard InChI is InChI=1S/C23H34N2O6/c1-6-29-20(26)16-24(13-17-11-9-8-10-12-17)19-15-25(22(28)31-23(3,4)5)14-18(19)21(27)30-7-2/h8-12,18-19H,6-7,13-16H2,1-5H3. The summed E-state index contributed by atoms with van der Waals surface area (Å²) in [6, 6.07) is 9.26. The number of ether oxygens (including phenoxy) is 3. The Morgan fingerprint density at radius 3 is 2.26 bits per heavy atom. The van der Waals surface area contributed by atoms with E-state index < -0.39 is 23.7 Å². The van der Waals surface area contributed by atoms with E-state index in [1.807, 2.05) is 35.2 Å². The van der Waals surface area contributed by atoms with Gasteiger partial charge in [0.2, 0.25) is 0 Å². The van der Waals surface area contributed by atoms with Crippen molar-refractivity contribution < 1.29 is 28.6 Å². The van der Waals surface area contributed by atoms with E-state index in [9.17, 15) is 14.4 Å². The van der Waals surface area contributed by atoms with E-state index in [4.69, 9.17) is 14.2 Å². The third-order valence-electron chi connectivity index (χ3n) is 4.87. The summed E-state index contributed by atoms with van der Waals surface area (Å²) in [5.41, 5.74) is 0.341. The second-order valence-corrected chi connectivity index (χ2v) is 8.51. The van der Waals surface area contributed by atoms with Gasteiger partial charge in [0.15, 0.2) is 0 Å². The highest BCUT2D eigenvalue weighted by atomic mass is 16.6. The first-order valence-corrected chi connectivity index (χ1v) is 10.7. The lowest BCUT2D eigenvalue weighted by Crippen LogP contribution is -2.46. The van der Waals surface area contributed by atoms with Crippen molar-refractivity contribution >= 4 is 18.0 Å². The summed E-state index contributed by atoms with van der Waals surface area (Å²) in [5, 5.41) is 0. The number of amides is 1. The molecule has 2 atom stereocenters. The van der Waals surface area contributed by atoms with Crippen LogP contribution in [0.15, 0.2) is 30.3 Å². The summed E-state index contributed by atoms with van der Waals surface area (Å²) >= 11 is 0. The minimum absolute atomic E-state index is 0.00542. The zero-order valence-electron chi connectivity index (χ0n) is 19.1. The largest absolute Gasteiger partial charge is 0.466 e. The Hall–Kier alpha value is -2.61. The van der Waals surface area contributed by atoms with Crippen LogP contribution in [0, 0.1) is 5.92 Å². The Morgan fingerprint density at radius 2 is 1.68 bits per heavy atom. The van der Waals surface area contributed by atoms with Crippen molar-refractivity contribution in [2.45, 2.75) is 52.8 Å². The molecule has 0 N–H and O–H groups in total. The van der Waals surface area contributed by atoms with Crippen LogP contribution in [0.5, 0.6) is 0 Å². The van der Waals surface area contributed by atoms with Crippen molar-refractivity contribution in [1.82, 2.24) is 9.80 Å². The molecule has 0 aromatic heterocycles. The lowest BCUT2D eigenvalue weighted by Gasteiger charge is -2.31. The molecule has 1 aliphatic heterocycles. The second-order valence-electron chi connectivity index (χ2n) is 8.51. The van der Waals surface area contributed by atoms with Crippen molar-refractivity contribution in [3.05, 3.63) is 35.9 Å². The molecular weight excluding hydrogens is 400 g/mol. The van der Waals surface area contributed by atoms with Gasteiger partial charge in [-0.05, 0) is 40.2 Å². The fourth-order valence-corrected chi connectivity index (χ4v) is 3.59. The van der Waals surface area contributed by atoms with Gasteiger partial charge in [-0.15, -0.1) is 0 Å². The van der Waals surface area contributed by atoms with Crippen LogP contribution in [0.25, 0.3) is 0 Å². The Bertz CT molecular complexity index is 746. The summed E-state index contributed by atoms with van der Waals surface area (Å²) < 4.78 is 15.9. The summed E-state index contributed by atoms with van der Waals surface area (Å²) in [4.78, 5) is 41.1. The van der Waals surface area contributed by atoms with Gasteiger partial charge in [-0.3, -0.25) is 14.5 Å². The molecule has 1 amide bonds. The SMILES string of the molecule is CCOC(=O)CN(Cc1ccccc1)C1CN(C(=O)OC(C)(C)C)CC1C(=O)OCC. The predicted octanol–water partition coefficient (Wildman–Crippen LogP) is 2.85. The first kappa shape index (κ1) is 24.7. The predicted molar refractivity (Wildman–Crippen MR) is 115 cm³/mol. The van der Waals surface area contributed by atoms with E-state index in [2.05, 4.69) is 0 Å². The molecule has 0 saturated carbocycles.